The Morgan fingerprint density at radius 3 is 2.77 bits per heavy atom. The molecule has 70 valence electrons. The summed E-state index contributed by atoms with van der Waals surface area (Å²) in [6.45, 7) is 3.62. The summed E-state index contributed by atoms with van der Waals surface area (Å²) in [5.74, 6) is 0.134. The summed E-state index contributed by atoms with van der Waals surface area (Å²) in [5, 5.41) is 3.11. The van der Waals surface area contributed by atoms with Gasteiger partial charge in [0.15, 0.2) is 0 Å². The van der Waals surface area contributed by atoms with Gasteiger partial charge < -0.3 is 10.1 Å². The number of halogens is 1. The summed E-state index contributed by atoms with van der Waals surface area (Å²) in [6, 6.07) is 2.89. The third kappa shape index (κ3) is 1.78. The van der Waals surface area contributed by atoms with Crippen LogP contribution in [0.25, 0.3) is 0 Å². The number of pyridine rings is 1. The average Bonchev–Trinajstić information content (AvgIpc) is 2.06. The number of nitrogens with zero attached hydrogens (tertiary/aromatic N) is 1. The van der Waals surface area contributed by atoms with Crippen LogP contribution < -0.4 is 10.1 Å². The van der Waals surface area contributed by atoms with Gasteiger partial charge in [-0.3, -0.25) is 0 Å². The number of aromatic nitrogens is 1. The van der Waals surface area contributed by atoms with Gasteiger partial charge in [-0.25, -0.2) is 9.37 Å². The van der Waals surface area contributed by atoms with E-state index in [0.717, 1.165) is 19.3 Å². The Kier molecular flexibility index (Phi) is 1.92. The summed E-state index contributed by atoms with van der Waals surface area (Å²) in [7, 11) is 0. The average molecular weight is 182 g/mol. The van der Waals surface area contributed by atoms with Crippen molar-refractivity contribution in [2.75, 3.05) is 13.1 Å². The summed E-state index contributed by atoms with van der Waals surface area (Å²) in [4.78, 5) is 3.82. The Hall–Kier alpha value is -1.16. The molecule has 13 heavy (non-hydrogen) atoms. The number of ether oxygens (including phenoxy) is 1. The fourth-order valence-corrected chi connectivity index (χ4v) is 1.22. The summed E-state index contributed by atoms with van der Waals surface area (Å²) < 4.78 is 18.0. The maximum Gasteiger partial charge on any atom is 0.213 e. The maximum absolute atomic E-state index is 12.5. The molecular formula is C9H11FN2O. The monoisotopic (exact) mass is 182 g/mol. The van der Waals surface area contributed by atoms with Crippen molar-refractivity contribution in [3.63, 3.8) is 0 Å². The van der Waals surface area contributed by atoms with E-state index in [1.165, 1.54) is 6.07 Å². The molecule has 1 N–H and O–H groups in total. The molecule has 2 heterocycles. The quantitative estimate of drug-likeness (QED) is 0.739. The normalized spacial score (nSPS) is 19.2. The molecule has 0 atom stereocenters. The zero-order chi connectivity index (χ0) is 9.31. The zero-order valence-corrected chi connectivity index (χ0v) is 7.38. The topological polar surface area (TPSA) is 34.1 Å². The minimum atomic E-state index is -0.343. The van der Waals surface area contributed by atoms with E-state index in [2.05, 4.69) is 10.3 Å². The molecule has 0 saturated carbocycles. The highest BCUT2D eigenvalue weighted by Crippen LogP contribution is 2.19. The molecule has 0 spiro atoms. The molecule has 0 amide bonds. The Labute approximate surface area is 75.9 Å². The summed E-state index contributed by atoms with van der Waals surface area (Å²) >= 11 is 0. The first-order chi connectivity index (χ1) is 6.18. The van der Waals surface area contributed by atoms with E-state index >= 15 is 0 Å². The first kappa shape index (κ1) is 8.44. The molecule has 2 rings (SSSR count). The predicted molar refractivity (Wildman–Crippen MR) is 46.1 cm³/mol. The lowest BCUT2D eigenvalue weighted by Gasteiger charge is -2.38. The molecule has 1 fully saturated rings. The fourth-order valence-electron chi connectivity index (χ4n) is 1.22. The van der Waals surface area contributed by atoms with E-state index in [1.807, 2.05) is 6.92 Å². The second-order valence-corrected chi connectivity index (χ2v) is 3.47. The molecule has 1 aromatic heterocycles. The van der Waals surface area contributed by atoms with Crippen molar-refractivity contribution in [3.05, 3.63) is 24.1 Å². The minimum Gasteiger partial charge on any atom is -0.469 e. The van der Waals surface area contributed by atoms with E-state index in [9.17, 15) is 4.39 Å². The van der Waals surface area contributed by atoms with Gasteiger partial charge in [0, 0.05) is 19.2 Å². The Balaban J connectivity index is 2.05. The van der Waals surface area contributed by atoms with E-state index in [1.54, 1.807) is 6.07 Å². The van der Waals surface area contributed by atoms with Crippen LogP contribution in [-0.4, -0.2) is 23.7 Å². The summed E-state index contributed by atoms with van der Waals surface area (Å²) in [6.07, 6.45) is 1.16. The lowest BCUT2D eigenvalue weighted by molar-refractivity contribution is 0.0303. The standard InChI is InChI=1S/C9H11FN2O/c1-9(5-11-6-9)13-8-3-2-7(10)4-12-8/h2-4,11H,5-6H2,1H3. The molecule has 4 heteroatoms. The van der Waals surface area contributed by atoms with Crippen molar-refractivity contribution < 1.29 is 9.13 Å². The Bertz CT molecular complexity index is 295. The van der Waals surface area contributed by atoms with Crippen LogP contribution in [0.1, 0.15) is 6.92 Å². The van der Waals surface area contributed by atoms with Gasteiger partial charge in [0.2, 0.25) is 5.88 Å². The smallest absolute Gasteiger partial charge is 0.213 e. The van der Waals surface area contributed by atoms with Gasteiger partial charge in [0.1, 0.15) is 11.4 Å². The van der Waals surface area contributed by atoms with Crippen molar-refractivity contribution in [1.29, 1.82) is 0 Å². The van der Waals surface area contributed by atoms with E-state index < -0.39 is 0 Å². The van der Waals surface area contributed by atoms with Gasteiger partial charge in [-0.1, -0.05) is 0 Å². The highest BCUT2D eigenvalue weighted by atomic mass is 19.1. The van der Waals surface area contributed by atoms with Crippen molar-refractivity contribution in [1.82, 2.24) is 10.3 Å². The van der Waals surface area contributed by atoms with Gasteiger partial charge in [-0.05, 0) is 13.0 Å². The number of rotatable bonds is 2. The minimum absolute atomic E-state index is 0.176. The highest BCUT2D eigenvalue weighted by molar-refractivity contribution is 5.13. The molecule has 1 aliphatic heterocycles. The van der Waals surface area contributed by atoms with Crippen LogP contribution in [0.3, 0.4) is 0 Å². The van der Waals surface area contributed by atoms with Crippen LogP contribution in [0.4, 0.5) is 4.39 Å². The first-order valence-corrected chi connectivity index (χ1v) is 4.19. The third-order valence-corrected chi connectivity index (χ3v) is 2.05. The van der Waals surface area contributed by atoms with Crippen molar-refractivity contribution in [2.24, 2.45) is 0 Å². The fraction of sp³-hybridized carbons (Fsp3) is 0.444. The molecule has 0 radical (unpaired) electrons. The van der Waals surface area contributed by atoms with Crippen molar-refractivity contribution in [2.45, 2.75) is 12.5 Å². The van der Waals surface area contributed by atoms with Crippen molar-refractivity contribution >= 4 is 0 Å². The largest absolute Gasteiger partial charge is 0.469 e. The molecule has 3 nitrogen and oxygen atoms in total. The molecule has 0 aliphatic carbocycles. The van der Waals surface area contributed by atoms with E-state index in [4.69, 9.17) is 4.74 Å². The van der Waals surface area contributed by atoms with Crippen LogP contribution in [0, 0.1) is 5.82 Å². The van der Waals surface area contributed by atoms with Crippen LogP contribution >= 0.6 is 0 Å². The molecule has 1 aliphatic rings. The van der Waals surface area contributed by atoms with Gasteiger partial charge >= 0.3 is 0 Å². The SMILES string of the molecule is CC1(Oc2ccc(F)cn2)CNC1. The lowest BCUT2D eigenvalue weighted by atomic mass is 10.0. The molecule has 1 saturated heterocycles. The van der Waals surface area contributed by atoms with Crippen LogP contribution in [0.15, 0.2) is 18.3 Å². The molecular weight excluding hydrogens is 171 g/mol. The van der Waals surface area contributed by atoms with E-state index in [0.29, 0.717) is 5.88 Å². The molecule has 0 bridgehead atoms. The summed E-state index contributed by atoms with van der Waals surface area (Å²) in [5.41, 5.74) is -0.176. The second kappa shape index (κ2) is 2.96. The molecule has 0 unspecified atom stereocenters. The van der Waals surface area contributed by atoms with Crippen LogP contribution in [0.5, 0.6) is 5.88 Å². The van der Waals surface area contributed by atoms with Gasteiger partial charge in [-0.2, -0.15) is 0 Å². The van der Waals surface area contributed by atoms with E-state index in [-0.39, 0.29) is 11.4 Å². The van der Waals surface area contributed by atoms with Crippen LogP contribution in [-0.2, 0) is 0 Å². The third-order valence-electron chi connectivity index (χ3n) is 2.05. The van der Waals surface area contributed by atoms with Gasteiger partial charge in [0.05, 0.1) is 6.20 Å². The first-order valence-electron chi connectivity index (χ1n) is 4.19. The Morgan fingerprint density at radius 2 is 2.31 bits per heavy atom. The number of hydrogen-bond acceptors (Lipinski definition) is 3. The predicted octanol–water partition coefficient (Wildman–Crippen LogP) is 0.961. The highest BCUT2D eigenvalue weighted by Gasteiger charge is 2.34. The maximum atomic E-state index is 12.5. The van der Waals surface area contributed by atoms with Crippen molar-refractivity contribution in [3.8, 4) is 5.88 Å². The second-order valence-electron chi connectivity index (χ2n) is 3.47. The van der Waals surface area contributed by atoms with Gasteiger partial charge in [0.25, 0.3) is 0 Å². The Morgan fingerprint density at radius 1 is 1.54 bits per heavy atom. The van der Waals surface area contributed by atoms with Crippen LogP contribution in [0.2, 0.25) is 0 Å². The van der Waals surface area contributed by atoms with Gasteiger partial charge in [-0.15, -0.1) is 0 Å². The molecule has 1 aromatic rings. The lowest BCUT2D eigenvalue weighted by Crippen LogP contribution is -2.61. The molecule has 0 aromatic carbocycles. The number of hydrogen-bond donors (Lipinski definition) is 1. The number of nitrogens with one attached hydrogen (secondary N) is 1. The zero-order valence-electron chi connectivity index (χ0n) is 7.38.